The lowest BCUT2D eigenvalue weighted by Gasteiger charge is -2.36. The average Bonchev–Trinajstić information content (AvgIpc) is 3.06. The molecule has 0 amide bonds. The first-order chi connectivity index (χ1) is 12.6. The molecule has 0 unspecified atom stereocenters. The van der Waals surface area contributed by atoms with Crippen LogP contribution in [0.1, 0.15) is 17.0 Å². The molecule has 1 aromatic carbocycles. The van der Waals surface area contributed by atoms with E-state index >= 15 is 0 Å². The molecule has 4 rings (SSSR count). The van der Waals surface area contributed by atoms with E-state index in [1.54, 1.807) is 6.20 Å². The van der Waals surface area contributed by atoms with Crippen LogP contribution in [0.5, 0.6) is 0 Å². The molecule has 0 bridgehead atoms. The van der Waals surface area contributed by atoms with E-state index in [-0.39, 0.29) is 0 Å². The van der Waals surface area contributed by atoms with Crippen LogP contribution < -0.4 is 4.90 Å². The largest absolute Gasteiger partial charge is 0.367 e. The van der Waals surface area contributed by atoms with Crippen molar-refractivity contribution in [3.8, 4) is 6.07 Å². The topological polar surface area (TPSA) is 69.2 Å². The molecule has 0 spiro atoms. The summed E-state index contributed by atoms with van der Waals surface area (Å²) in [6, 6.07) is 9.85. The van der Waals surface area contributed by atoms with Crippen molar-refractivity contribution in [1.29, 1.82) is 5.26 Å². The molecule has 0 atom stereocenters. The third-order valence-corrected chi connectivity index (χ3v) is 4.90. The second-order valence-electron chi connectivity index (χ2n) is 6.49. The lowest BCUT2D eigenvalue weighted by molar-refractivity contribution is 0.219. The van der Waals surface area contributed by atoms with Crippen LogP contribution in [-0.4, -0.2) is 41.2 Å². The molecular formula is C19H18ClN5O. The molecule has 0 N–H and O–H groups in total. The van der Waals surface area contributed by atoms with Gasteiger partial charge >= 0.3 is 0 Å². The average molecular weight is 368 g/mol. The predicted molar refractivity (Wildman–Crippen MR) is 100 cm³/mol. The molecule has 3 heterocycles. The second-order valence-corrected chi connectivity index (χ2v) is 6.93. The molecule has 0 saturated carbocycles. The van der Waals surface area contributed by atoms with Gasteiger partial charge in [0.05, 0.1) is 29.0 Å². The summed E-state index contributed by atoms with van der Waals surface area (Å²) in [6.07, 6.45) is 1.65. The molecule has 1 fully saturated rings. The summed E-state index contributed by atoms with van der Waals surface area (Å²) in [5, 5.41) is 15.1. The minimum Gasteiger partial charge on any atom is -0.367 e. The molecule has 1 saturated heterocycles. The number of anilines is 1. The Labute approximate surface area is 156 Å². The normalized spacial score (nSPS) is 15.3. The Kier molecular flexibility index (Phi) is 4.49. The summed E-state index contributed by atoms with van der Waals surface area (Å²) in [5.74, 6) is 0.884. The van der Waals surface area contributed by atoms with E-state index in [1.807, 2.05) is 31.2 Å². The van der Waals surface area contributed by atoms with E-state index in [2.05, 4.69) is 26.0 Å². The van der Waals surface area contributed by atoms with E-state index in [4.69, 9.17) is 16.1 Å². The Morgan fingerprint density at radius 3 is 2.73 bits per heavy atom. The molecule has 7 heteroatoms. The van der Waals surface area contributed by atoms with Gasteiger partial charge in [0, 0.05) is 48.9 Å². The Hall–Kier alpha value is -2.62. The van der Waals surface area contributed by atoms with Crippen molar-refractivity contribution in [2.75, 3.05) is 31.1 Å². The summed E-state index contributed by atoms with van der Waals surface area (Å²) in [7, 11) is 0. The van der Waals surface area contributed by atoms with Crippen LogP contribution in [0, 0.1) is 18.3 Å². The monoisotopic (exact) mass is 367 g/mol. The van der Waals surface area contributed by atoms with Crippen LogP contribution in [0.3, 0.4) is 0 Å². The number of aryl methyl sites for hydroxylation is 1. The van der Waals surface area contributed by atoms with Crippen LogP contribution in [-0.2, 0) is 6.54 Å². The van der Waals surface area contributed by atoms with E-state index in [0.717, 1.165) is 60.8 Å². The summed E-state index contributed by atoms with van der Waals surface area (Å²) < 4.78 is 5.31. The van der Waals surface area contributed by atoms with E-state index in [9.17, 15) is 5.26 Å². The van der Waals surface area contributed by atoms with Gasteiger partial charge in [-0.2, -0.15) is 5.26 Å². The van der Waals surface area contributed by atoms with Crippen LogP contribution >= 0.6 is 11.6 Å². The Balaban J connectivity index is 1.57. The molecule has 2 aromatic heterocycles. The van der Waals surface area contributed by atoms with Crippen LogP contribution in [0.25, 0.3) is 10.9 Å². The number of halogens is 1. The van der Waals surface area contributed by atoms with Gasteiger partial charge < -0.3 is 9.42 Å². The molecule has 6 nitrogen and oxygen atoms in total. The maximum atomic E-state index is 9.55. The summed E-state index contributed by atoms with van der Waals surface area (Å²) in [5.41, 5.74) is 3.26. The predicted octanol–water partition coefficient (Wildman–Crippen LogP) is 3.38. The molecular weight excluding hydrogens is 350 g/mol. The van der Waals surface area contributed by atoms with Gasteiger partial charge in [0.25, 0.3) is 0 Å². The first kappa shape index (κ1) is 16.8. The SMILES string of the molecule is Cc1cc(CN2CCN(c3c(C#N)cnc4ccc(Cl)cc34)CC2)on1. The number of piperazine rings is 1. The van der Waals surface area contributed by atoms with Gasteiger partial charge in [-0.15, -0.1) is 0 Å². The molecule has 1 aliphatic heterocycles. The van der Waals surface area contributed by atoms with Gasteiger partial charge in [-0.05, 0) is 25.1 Å². The highest BCUT2D eigenvalue weighted by Crippen LogP contribution is 2.32. The fourth-order valence-corrected chi connectivity index (χ4v) is 3.59. The zero-order valence-corrected chi connectivity index (χ0v) is 15.2. The highest BCUT2D eigenvalue weighted by Gasteiger charge is 2.22. The van der Waals surface area contributed by atoms with Gasteiger partial charge in [0.15, 0.2) is 5.76 Å². The lowest BCUT2D eigenvalue weighted by Crippen LogP contribution is -2.46. The summed E-state index contributed by atoms with van der Waals surface area (Å²) in [6.45, 7) is 6.10. The standard InChI is InChI=1S/C19H18ClN5O/c1-13-8-16(26-23-13)12-24-4-6-25(7-5-24)19-14(10-21)11-22-18-3-2-15(20)9-17(18)19/h2-3,8-9,11H,4-7,12H2,1H3. The van der Waals surface area contributed by atoms with Crippen molar-refractivity contribution in [3.05, 3.63) is 52.5 Å². The van der Waals surface area contributed by atoms with Gasteiger partial charge in [-0.1, -0.05) is 16.8 Å². The van der Waals surface area contributed by atoms with Gasteiger partial charge in [-0.3, -0.25) is 9.88 Å². The van der Waals surface area contributed by atoms with Crippen LogP contribution in [0.15, 0.2) is 35.0 Å². The second kappa shape index (κ2) is 6.94. The molecule has 132 valence electrons. The quantitative estimate of drug-likeness (QED) is 0.706. The number of hydrogen-bond donors (Lipinski definition) is 0. The Morgan fingerprint density at radius 1 is 1.23 bits per heavy atom. The number of benzene rings is 1. The molecule has 3 aromatic rings. The highest BCUT2D eigenvalue weighted by atomic mass is 35.5. The van der Waals surface area contributed by atoms with Gasteiger partial charge in [0.2, 0.25) is 0 Å². The fourth-order valence-electron chi connectivity index (χ4n) is 3.41. The van der Waals surface area contributed by atoms with Crippen molar-refractivity contribution < 1.29 is 4.52 Å². The molecule has 26 heavy (non-hydrogen) atoms. The smallest absolute Gasteiger partial charge is 0.150 e. The number of rotatable bonds is 3. The molecule has 1 aliphatic rings. The van der Waals surface area contributed by atoms with E-state index in [0.29, 0.717) is 10.6 Å². The molecule has 0 radical (unpaired) electrons. The number of fused-ring (bicyclic) bond motifs is 1. The Morgan fingerprint density at radius 2 is 2.04 bits per heavy atom. The number of nitrogens with zero attached hydrogens (tertiary/aromatic N) is 5. The van der Waals surface area contributed by atoms with E-state index in [1.165, 1.54) is 0 Å². The maximum absolute atomic E-state index is 9.55. The van der Waals surface area contributed by atoms with Gasteiger partial charge in [0.1, 0.15) is 6.07 Å². The molecule has 0 aliphatic carbocycles. The summed E-state index contributed by atoms with van der Waals surface area (Å²) in [4.78, 5) is 8.97. The zero-order valence-electron chi connectivity index (χ0n) is 14.4. The van der Waals surface area contributed by atoms with Crippen molar-refractivity contribution in [3.63, 3.8) is 0 Å². The van der Waals surface area contributed by atoms with Crippen molar-refractivity contribution in [2.45, 2.75) is 13.5 Å². The first-order valence-corrected chi connectivity index (χ1v) is 8.90. The highest BCUT2D eigenvalue weighted by molar-refractivity contribution is 6.31. The minimum atomic E-state index is 0.582. The third-order valence-electron chi connectivity index (χ3n) is 4.67. The third kappa shape index (κ3) is 3.24. The minimum absolute atomic E-state index is 0.582. The van der Waals surface area contributed by atoms with Crippen molar-refractivity contribution in [2.24, 2.45) is 0 Å². The van der Waals surface area contributed by atoms with E-state index < -0.39 is 0 Å². The number of pyridine rings is 1. The zero-order chi connectivity index (χ0) is 18.1. The Bertz CT molecular complexity index is 985. The number of hydrogen-bond acceptors (Lipinski definition) is 6. The fraction of sp³-hybridized carbons (Fsp3) is 0.316. The van der Waals surface area contributed by atoms with Gasteiger partial charge in [-0.25, -0.2) is 0 Å². The summed E-state index contributed by atoms with van der Waals surface area (Å²) >= 11 is 6.19. The van der Waals surface area contributed by atoms with Crippen LogP contribution in [0.2, 0.25) is 5.02 Å². The number of nitriles is 1. The maximum Gasteiger partial charge on any atom is 0.150 e. The lowest BCUT2D eigenvalue weighted by atomic mass is 10.1. The van der Waals surface area contributed by atoms with Crippen molar-refractivity contribution >= 4 is 28.2 Å². The van der Waals surface area contributed by atoms with Crippen LogP contribution in [0.4, 0.5) is 5.69 Å². The van der Waals surface area contributed by atoms with Crippen molar-refractivity contribution in [1.82, 2.24) is 15.0 Å². The number of aromatic nitrogens is 2. The first-order valence-electron chi connectivity index (χ1n) is 8.52.